The van der Waals surface area contributed by atoms with E-state index in [-0.39, 0.29) is 24.5 Å². The summed E-state index contributed by atoms with van der Waals surface area (Å²) < 4.78 is 27.3. The molecule has 3 heterocycles. The van der Waals surface area contributed by atoms with Gasteiger partial charge in [-0.1, -0.05) is 12.1 Å². The van der Waals surface area contributed by atoms with Gasteiger partial charge in [0.2, 0.25) is 0 Å². The molecule has 1 aliphatic rings. The number of pyridine rings is 2. The van der Waals surface area contributed by atoms with Crippen LogP contribution in [0.15, 0.2) is 58.0 Å². The van der Waals surface area contributed by atoms with E-state index in [1.165, 1.54) is 6.07 Å². The Morgan fingerprint density at radius 3 is 1.80 bits per heavy atom. The quantitative estimate of drug-likeness (QED) is 0.397. The van der Waals surface area contributed by atoms with Crippen LogP contribution in [0.2, 0.25) is 0 Å². The van der Waals surface area contributed by atoms with Gasteiger partial charge in [0.05, 0.1) is 30.1 Å². The van der Waals surface area contributed by atoms with E-state index < -0.39 is 17.6 Å². The summed E-state index contributed by atoms with van der Waals surface area (Å²) in [5.74, 6) is -1.72. The molecule has 2 N–H and O–H groups in total. The molecule has 3 aromatic rings. The summed E-state index contributed by atoms with van der Waals surface area (Å²) in [6.45, 7) is 0.0895. The van der Waals surface area contributed by atoms with E-state index in [1.54, 1.807) is 30.3 Å². The number of carbonyl (C=O) groups is 2. The molecule has 6 nitrogen and oxygen atoms in total. The first-order chi connectivity index (χ1) is 14.3. The van der Waals surface area contributed by atoms with Crippen LogP contribution in [0.5, 0.6) is 0 Å². The predicted octanol–water partition coefficient (Wildman–Crippen LogP) is 4.22. The largest absolute Gasteiger partial charge is 0.326 e. The molecule has 0 saturated heterocycles. The zero-order chi connectivity index (χ0) is 21.8. The fourth-order valence-corrected chi connectivity index (χ4v) is 3.49. The number of benzene rings is 1. The Kier molecular flexibility index (Phi) is 7.01. The molecule has 1 aliphatic heterocycles. The molecule has 10 heteroatoms. The maximum atomic E-state index is 13.7. The second-order valence-electron chi connectivity index (χ2n) is 6.14. The standard InChI is InChI=1S/C14H8BrFN2O2.C6H6BrFN2/c15-12-5-8(11(16)6-17-12)7-18-13(19)9-3-1-2-4-10(9)14(18)20;7-6-1-4(2-9)5(8)3-10-6/h1-6H,7H2;1,3H,2,9H2. The van der Waals surface area contributed by atoms with Gasteiger partial charge in [0.15, 0.2) is 0 Å². The van der Waals surface area contributed by atoms with Gasteiger partial charge < -0.3 is 5.73 Å². The second-order valence-corrected chi connectivity index (χ2v) is 7.77. The monoisotopic (exact) mass is 538 g/mol. The first-order valence-corrected chi connectivity index (χ1v) is 10.2. The average Bonchev–Trinajstić information content (AvgIpc) is 2.98. The van der Waals surface area contributed by atoms with Crippen molar-refractivity contribution >= 4 is 43.7 Å². The number of fused-ring (bicyclic) bond motifs is 1. The van der Waals surface area contributed by atoms with E-state index in [9.17, 15) is 18.4 Å². The molecule has 0 spiro atoms. The molecule has 0 atom stereocenters. The lowest BCUT2D eigenvalue weighted by atomic mass is 10.1. The van der Waals surface area contributed by atoms with Gasteiger partial charge in [-0.15, -0.1) is 0 Å². The third kappa shape index (κ3) is 4.77. The third-order valence-corrected chi connectivity index (χ3v) is 5.10. The number of rotatable bonds is 3. The smallest absolute Gasteiger partial charge is 0.261 e. The second kappa shape index (κ2) is 9.50. The number of nitrogens with zero attached hydrogens (tertiary/aromatic N) is 3. The van der Waals surface area contributed by atoms with Gasteiger partial charge in [0.25, 0.3) is 11.8 Å². The zero-order valence-corrected chi connectivity index (χ0v) is 18.5. The van der Waals surface area contributed by atoms with Gasteiger partial charge in [-0.25, -0.2) is 18.7 Å². The lowest BCUT2D eigenvalue weighted by Crippen LogP contribution is -2.29. The number of carbonyl (C=O) groups excluding carboxylic acids is 2. The SMILES string of the molecule is NCc1cc(Br)ncc1F.O=C1c2ccccc2C(=O)N1Cc1cc(Br)ncc1F. The highest BCUT2D eigenvalue weighted by atomic mass is 79.9. The Morgan fingerprint density at radius 1 is 0.867 bits per heavy atom. The van der Waals surface area contributed by atoms with Crippen molar-refractivity contribution in [2.24, 2.45) is 5.73 Å². The van der Waals surface area contributed by atoms with Crippen molar-refractivity contribution in [2.75, 3.05) is 0 Å². The summed E-state index contributed by atoms with van der Waals surface area (Å²) in [6, 6.07) is 9.59. The number of amides is 2. The first kappa shape index (κ1) is 22.1. The predicted molar refractivity (Wildman–Crippen MR) is 112 cm³/mol. The minimum atomic E-state index is -0.551. The van der Waals surface area contributed by atoms with Crippen LogP contribution in [0, 0.1) is 11.6 Å². The Morgan fingerprint density at radius 2 is 1.33 bits per heavy atom. The van der Waals surface area contributed by atoms with E-state index in [0.29, 0.717) is 25.9 Å². The fraction of sp³-hybridized carbons (Fsp3) is 0.100. The van der Waals surface area contributed by atoms with Crippen LogP contribution >= 0.6 is 31.9 Å². The third-order valence-electron chi connectivity index (χ3n) is 4.23. The molecule has 0 fully saturated rings. The molecule has 2 aromatic heterocycles. The van der Waals surface area contributed by atoms with Crippen molar-refractivity contribution < 1.29 is 18.4 Å². The summed E-state index contributed by atoms with van der Waals surface area (Å²) in [6.07, 6.45) is 2.20. The van der Waals surface area contributed by atoms with Crippen molar-refractivity contribution in [3.63, 3.8) is 0 Å². The summed E-state index contributed by atoms with van der Waals surface area (Å²) >= 11 is 6.24. The minimum Gasteiger partial charge on any atom is -0.326 e. The number of hydrogen-bond donors (Lipinski definition) is 1. The van der Waals surface area contributed by atoms with E-state index in [0.717, 1.165) is 17.3 Å². The van der Waals surface area contributed by atoms with Crippen LogP contribution in [0.25, 0.3) is 0 Å². The van der Waals surface area contributed by atoms with Gasteiger partial charge in [-0.05, 0) is 56.1 Å². The maximum absolute atomic E-state index is 13.7. The first-order valence-electron chi connectivity index (χ1n) is 8.57. The summed E-state index contributed by atoms with van der Waals surface area (Å²) in [7, 11) is 0. The minimum absolute atomic E-state index is 0.112. The van der Waals surface area contributed by atoms with E-state index >= 15 is 0 Å². The van der Waals surface area contributed by atoms with Gasteiger partial charge in [0, 0.05) is 17.7 Å². The van der Waals surface area contributed by atoms with Crippen molar-refractivity contribution in [1.29, 1.82) is 0 Å². The molecular weight excluding hydrogens is 526 g/mol. The Hall–Kier alpha value is -2.56. The Balaban J connectivity index is 0.000000216. The van der Waals surface area contributed by atoms with Crippen molar-refractivity contribution in [3.8, 4) is 0 Å². The van der Waals surface area contributed by atoms with E-state index in [1.807, 2.05) is 0 Å². The number of aromatic nitrogens is 2. The molecular formula is C20H14Br2F2N4O2. The summed E-state index contributed by atoms with van der Waals surface area (Å²) in [5, 5.41) is 0. The summed E-state index contributed by atoms with van der Waals surface area (Å²) in [4.78, 5) is 32.8. The Bertz CT molecular complexity index is 1090. The lowest BCUT2D eigenvalue weighted by Gasteiger charge is -2.14. The van der Waals surface area contributed by atoms with Crippen LogP contribution < -0.4 is 5.73 Å². The zero-order valence-electron chi connectivity index (χ0n) is 15.3. The molecule has 0 aliphatic carbocycles. The van der Waals surface area contributed by atoms with Crippen LogP contribution in [0.1, 0.15) is 31.8 Å². The van der Waals surface area contributed by atoms with Crippen LogP contribution in [-0.4, -0.2) is 26.7 Å². The molecule has 0 saturated carbocycles. The van der Waals surface area contributed by atoms with E-state index in [4.69, 9.17) is 5.73 Å². The number of imide groups is 1. The van der Waals surface area contributed by atoms with Gasteiger partial charge in [0.1, 0.15) is 20.8 Å². The maximum Gasteiger partial charge on any atom is 0.261 e. The number of hydrogen-bond acceptors (Lipinski definition) is 5. The fourth-order valence-electron chi connectivity index (χ4n) is 2.73. The van der Waals surface area contributed by atoms with Crippen molar-refractivity contribution in [3.05, 3.63) is 91.9 Å². The molecule has 30 heavy (non-hydrogen) atoms. The summed E-state index contributed by atoms with van der Waals surface area (Å²) in [5.41, 5.74) is 6.65. The van der Waals surface area contributed by atoms with E-state index in [2.05, 4.69) is 41.8 Å². The highest BCUT2D eigenvalue weighted by Crippen LogP contribution is 2.25. The highest BCUT2D eigenvalue weighted by molar-refractivity contribution is 9.10. The average molecular weight is 540 g/mol. The van der Waals surface area contributed by atoms with Crippen molar-refractivity contribution in [1.82, 2.24) is 14.9 Å². The highest BCUT2D eigenvalue weighted by Gasteiger charge is 2.35. The molecule has 1 aromatic carbocycles. The van der Waals surface area contributed by atoms with Gasteiger partial charge in [-0.2, -0.15) is 0 Å². The van der Waals surface area contributed by atoms with Crippen LogP contribution in [0.4, 0.5) is 8.78 Å². The molecule has 0 unspecified atom stereocenters. The normalized spacial score (nSPS) is 12.5. The van der Waals surface area contributed by atoms with Gasteiger partial charge in [-0.3, -0.25) is 14.5 Å². The molecule has 2 amide bonds. The lowest BCUT2D eigenvalue weighted by molar-refractivity contribution is 0.0641. The molecule has 0 bridgehead atoms. The van der Waals surface area contributed by atoms with Crippen LogP contribution in [-0.2, 0) is 13.1 Å². The van der Waals surface area contributed by atoms with Crippen LogP contribution in [0.3, 0.4) is 0 Å². The number of nitrogens with two attached hydrogens (primary N) is 1. The molecule has 154 valence electrons. The van der Waals surface area contributed by atoms with Crippen molar-refractivity contribution in [2.45, 2.75) is 13.1 Å². The Labute approximate surface area is 187 Å². The number of halogens is 4. The topological polar surface area (TPSA) is 89.2 Å². The molecule has 0 radical (unpaired) electrons. The van der Waals surface area contributed by atoms with Gasteiger partial charge >= 0.3 is 0 Å². The molecule has 4 rings (SSSR count).